The fraction of sp³-hybridized carbons (Fsp3) is 0. The van der Waals surface area contributed by atoms with Gasteiger partial charge < -0.3 is 5.73 Å². The number of primary amides is 1. The van der Waals surface area contributed by atoms with E-state index in [0.29, 0.717) is 11.1 Å². The Bertz CT molecular complexity index is 832. The van der Waals surface area contributed by atoms with E-state index in [2.05, 4.69) is 4.98 Å². The zero-order valence-electron chi connectivity index (χ0n) is 11.7. The maximum atomic E-state index is 14.2. The van der Waals surface area contributed by atoms with E-state index in [1.807, 2.05) is 12.1 Å². The van der Waals surface area contributed by atoms with E-state index in [0.717, 1.165) is 11.1 Å². The molecule has 3 nitrogen and oxygen atoms in total. The van der Waals surface area contributed by atoms with Crippen LogP contribution in [0.3, 0.4) is 0 Å². The Labute approximate surface area is 127 Å². The highest BCUT2D eigenvalue weighted by molar-refractivity contribution is 6.04. The molecule has 3 rings (SSSR count). The molecular weight excluding hydrogens is 279 g/mol. The van der Waals surface area contributed by atoms with Crippen molar-refractivity contribution >= 4 is 5.91 Å². The molecule has 22 heavy (non-hydrogen) atoms. The molecular formula is C18H13FN2O. The summed E-state index contributed by atoms with van der Waals surface area (Å²) in [5, 5.41) is 0. The predicted octanol–water partition coefficient (Wildman–Crippen LogP) is 3.65. The minimum Gasteiger partial charge on any atom is -0.366 e. The third-order valence-electron chi connectivity index (χ3n) is 3.45. The summed E-state index contributed by atoms with van der Waals surface area (Å²) in [7, 11) is 0. The lowest BCUT2D eigenvalue weighted by Gasteiger charge is -2.14. The zero-order chi connectivity index (χ0) is 15.5. The average molecular weight is 292 g/mol. The normalized spacial score (nSPS) is 10.4. The van der Waals surface area contributed by atoms with E-state index in [9.17, 15) is 9.18 Å². The fourth-order valence-corrected chi connectivity index (χ4v) is 2.47. The number of rotatable bonds is 3. The average Bonchev–Trinajstić information content (AvgIpc) is 2.55. The monoisotopic (exact) mass is 292 g/mol. The van der Waals surface area contributed by atoms with Gasteiger partial charge in [0.2, 0.25) is 5.91 Å². The Morgan fingerprint density at radius 2 is 1.73 bits per heavy atom. The van der Waals surface area contributed by atoms with Gasteiger partial charge in [-0.1, -0.05) is 36.4 Å². The summed E-state index contributed by atoms with van der Waals surface area (Å²) in [6.07, 6.45) is 3.33. The molecule has 0 aliphatic carbocycles. The standard InChI is InChI=1S/C18H13FN2O/c19-16-9-2-1-6-14(16)17-13(12-5-4-10-21-11-12)7-3-8-15(17)18(20)22/h1-11H,(H2,20,22). The molecule has 0 fully saturated rings. The lowest BCUT2D eigenvalue weighted by atomic mass is 9.90. The van der Waals surface area contributed by atoms with Crippen molar-refractivity contribution < 1.29 is 9.18 Å². The molecule has 2 N–H and O–H groups in total. The van der Waals surface area contributed by atoms with Crippen molar-refractivity contribution in [2.75, 3.05) is 0 Å². The van der Waals surface area contributed by atoms with E-state index in [4.69, 9.17) is 5.73 Å². The molecule has 0 bridgehead atoms. The van der Waals surface area contributed by atoms with Crippen LogP contribution in [0.25, 0.3) is 22.3 Å². The first-order chi connectivity index (χ1) is 10.7. The second kappa shape index (κ2) is 5.77. The van der Waals surface area contributed by atoms with Gasteiger partial charge >= 0.3 is 0 Å². The molecule has 108 valence electrons. The van der Waals surface area contributed by atoms with E-state index in [-0.39, 0.29) is 5.56 Å². The second-order valence-electron chi connectivity index (χ2n) is 4.81. The molecule has 4 heteroatoms. The summed E-state index contributed by atoms with van der Waals surface area (Å²) in [4.78, 5) is 15.9. The molecule has 0 radical (unpaired) electrons. The molecule has 1 amide bonds. The van der Waals surface area contributed by atoms with E-state index >= 15 is 0 Å². The molecule has 1 heterocycles. The Morgan fingerprint density at radius 1 is 0.955 bits per heavy atom. The van der Waals surface area contributed by atoms with E-state index < -0.39 is 11.7 Å². The molecule has 3 aromatic rings. The summed E-state index contributed by atoms with van der Waals surface area (Å²) in [6.45, 7) is 0. The van der Waals surface area contributed by atoms with Gasteiger partial charge in [-0.25, -0.2) is 4.39 Å². The molecule has 0 unspecified atom stereocenters. The van der Waals surface area contributed by atoms with Crippen LogP contribution in [0.4, 0.5) is 4.39 Å². The Kier molecular flexibility index (Phi) is 3.66. The van der Waals surface area contributed by atoms with E-state index in [1.165, 1.54) is 6.07 Å². The van der Waals surface area contributed by atoms with Crippen LogP contribution in [0.2, 0.25) is 0 Å². The van der Waals surface area contributed by atoms with Crippen LogP contribution < -0.4 is 5.73 Å². The summed E-state index contributed by atoms with van der Waals surface area (Å²) in [5.74, 6) is -0.995. The predicted molar refractivity (Wildman–Crippen MR) is 83.6 cm³/mol. The van der Waals surface area contributed by atoms with Crippen molar-refractivity contribution in [1.82, 2.24) is 4.98 Å². The quantitative estimate of drug-likeness (QED) is 0.801. The van der Waals surface area contributed by atoms with Gasteiger partial charge in [0.05, 0.1) is 0 Å². The van der Waals surface area contributed by atoms with Gasteiger partial charge in [0, 0.05) is 34.6 Å². The largest absolute Gasteiger partial charge is 0.366 e. The van der Waals surface area contributed by atoms with Gasteiger partial charge in [0.1, 0.15) is 5.82 Å². The van der Waals surface area contributed by atoms with Crippen molar-refractivity contribution in [3.8, 4) is 22.3 Å². The summed E-state index contributed by atoms with van der Waals surface area (Å²) < 4.78 is 14.2. The van der Waals surface area contributed by atoms with Gasteiger partial charge in [-0.15, -0.1) is 0 Å². The number of hydrogen-bond donors (Lipinski definition) is 1. The van der Waals surface area contributed by atoms with Crippen LogP contribution in [0.1, 0.15) is 10.4 Å². The highest BCUT2D eigenvalue weighted by Gasteiger charge is 2.18. The summed E-state index contributed by atoms with van der Waals surface area (Å²) in [6, 6.07) is 15.1. The molecule has 0 aliphatic rings. The van der Waals surface area contributed by atoms with Gasteiger partial charge in [0.15, 0.2) is 0 Å². The van der Waals surface area contributed by atoms with E-state index in [1.54, 1.807) is 48.8 Å². The lowest BCUT2D eigenvalue weighted by molar-refractivity contribution is 0.100. The minimum atomic E-state index is -0.594. The Balaban J connectivity index is 2.35. The van der Waals surface area contributed by atoms with Crippen LogP contribution in [-0.4, -0.2) is 10.9 Å². The first kappa shape index (κ1) is 13.9. The van der Waals surface area contributed by atoms with Crippen LogP contribution in [0, 0.1) is 5.82 Å². The number of carbonyl (C=O) groups excluding carboxylic acids is 1. The number of hydrogen-bond acceptors (Lipinski definition) is 2. The first-order valence-corrected chi connectivity index (χ1v) is 6.76. The third-order valence-corrected chi connectivity index (χ3v) is 3.45. The van der Waals surface area contributed by atoms with Crippen molar-refractivity contribution in [3.05, 3.63) is 78.4 Å². The van der Waals surface area contributed by atoms with Crippen molar-refractivity contribution in [1.29, 1.82) is 0 Å². The molecule has 0 aliphatic heterocycles. The van der Waals surface area contributed by atoms with Crippen LogP contribution in [-0.2, 0) is 0 Å². The van der Waals surface area contributed by atoms with Gasteiger partial charge in [-0.05, 0) is 23.8 Å². The second-order valence-corrected chi connectivity index (χ2v) is 4.81. The maximum absolute atomic E-state index is 14.2. The molecule has 2 aromatic carbocycles. The maximum Gasteiger partial charge on any atom is 0.249 e. The number of nitrogens with zero attached hydrogens (tertiary/aromatic N) is 1. The van der Waals surface area contributed by atoms with Crippen molar-refractivity contribution in [2.24, 2.45) is 5.73 Å². The Hall–Kier alpha value is -3.01. The molecule has 1 aromatic heterocycles. The van der Waals surface area contributed by atoms with Crippen molar-refractivity contribution in [2.45, 2.75) is 0 Å². The van der Waals surface area contributed by atoms with Crippen molar-refractivity contribution in [3.63, 3.8) is 0 Å². The van der Waals surface area contributed by atoms with Gasteiger partial charge in [-0.3, -0.25) is 9.78 Å². The number of carbonyl (C=O) groups is 1. The van der Waals surface area contributed by atoms with Crippen LogP contribution >= 0.6 is 0 Å². The number of amides is 1. The molecule has 0 saturated carbocycles. The molecule has 0 saturated heterocycles. The topological polar surface area (TPSA) is 56.0 Å². The summed E-state index contributed by atoms with van der Waals surface area (Å²) >= 11 is 0. The SMILES string of the molecule is NC(=O)c1cccc(-c2cccnc2)c1-c1ccccc1F. The smallest absolute Gasteiger partial charge is 0.249 e. The first-order valence-electron chi connectivity index (χ1n) is 6.76. The number of nitrogens with two attached hydrogens (primary N) is 1. The number of pyridine rings is 1. The highest BCUT2D eigenvalue weighted by atomic mass is 19.1. The fourth-order valence-electron chi connectivity index (χ4n) is 2.47. The number of aromatic nitrogens is 1. The zero-order valence-corrected chi connectivity index (χ0v) is 11.7. The lowest BCUT2D eigenvalue weighted by Crippen LogP contribution is -2.13. The minimum absolute atomic E-state index is 0.284. The van der Waals surface area contributed by atoms with Gasteiger partial charge in [-0.2, -0.15) is 0 Å². The number of halogens is 1. The molecule has 0 spiro atoms. The summed E-state index contributed by atoms with van der Waals surface area (Å²) in [5.41, 5.74) is 8.10. The van der Waals surface area contributed by atoms with Gasteiger partial charge in [0.25, 0.3) is 0 Å². The Morgan fingerprint density at radius 3 is 2.41 bits per heavy atom. The highest BCUT2D eigenvalue weighted by Crippen LogP contribution is 2.35. The third kappa shape index (κ3) is 2.46. The van der Waals surface area contributed by atoms with Crippen LogP contribution in [0.15, 0.2) is 67.0 Å². The van der Waals surface area contributed by atoms with Crippen LogP contribution in [0.5, 0.6) is 0 Å². The number of benzene rings is 2. The molecule has 0 atom stereocenters.